The third kappa shape index (κ3) is 3.98. The van der Waals surface area contributed by atoms with Crippen LogP contribution in [0.4, 0.5) is 5.69 Å². The maximum Gasteiger partial charge on any atom is 0.275 e. The fraction of sp³-hybridized carbons (Fsp3) is 0.174. The molecule has 0 aliphatic carbocycles. The number of thiophene rings is 1. The zero-order valence-electron chi connectivity index (χ0n) is 16.3. The first kappa shape index (κ1) is 19.1. The molecule has 0 radical (unpaired) electrons. The summed E-state index contributed by atoms with van der Waals surface area (Å²) in [5.74, 6) is 0.139. The third-order valence-electron chi connectivity index (χ3n) is 4.78. The summed E-state index contributed by atoms with van der Waals surface area (Å²) < 4.78 is 1.25. The van der Waals surface area contributed by atoms with Crippen LogP contribution in [0.1, 0.15) is 25.3 Å². The van der Waals surface area contributed by atoms with Crippen molar-refractivity contribution >= 4 is 33.7 Å². The standard InChI is InChI=1S/C23H21N3O2S/c1-15(2)16-9-11-17(12-10-16)24-21(27)14-26-23(28)19-7-4-3-6-18(19)22(25-26)20-8-5-13-29-20/h3-13,15H,14H2,1-2H3,(H,24,27). The van der Waals surface area contributed by atoms with Crippen molar-refractivity contribution < 1.29 is 4.79 Å². The van der Waals surface area contributed by atoms with Gasteiger partial charge < -0.3 is 5.32 Å². The minimum Gasteiger partial charge on any atom is -0.324 e. The molecule has 29 heavy (non-hydrogen) atoms. The summed E-state index contributed by atoms with van der Waals surface area (Å²) in [5.41, 5.74) is 2.35. The predicted molar refractivity (Wildman–Crippen MR) is 118 cm³/mol. The van der Waals surface area contributed by atoms with E-state index in [-0.39, 0.29) is 18.0 Å². The highest BCUT2D eigenvalue weighted by atomic mass is 32.1. The number of carbonyl (C=O) groups excluding carboxylic acids is 1. The van der Waals surface area contributed by atoms with E-state index in [4.69, 9.17) is 0 Å². The van der Waals surface area contributed by atoms with Gasteiger partial charge in [-0.2, -0.15) is 5.10 Å². The number of hydrogen-bond acceptors (Lipinski definition) is 4. The zero-order valence-corrected chi connectivity index (χ0v) is 17.1. The van der Waals surface area contributed by atoms with Gasteiger partial charge in [-0.25, -0.2) is 4.68 Å². The van der Waals surface area contributed by atoms with Crippen LogP contribution in [0.2, 0.25) is 0 Å². The molecular weight excluding hydrogens is 382 g/mol. The molecule has 0 aliphatic rings. The highest BCUT2D eigenvalue weighted by Crippen LogP contribution is 2.28. The highest BCUT2D eigenvalue weighted by Gasteiger charge is 2.15. The van der Waals surface area contributed by atoms with Crippen LogP contribution >= 0.6 is 11.3 Å². The van der Waals surface area contributed by atoms with Crippen LogP contribution in [-0.2, 0) is 11.3 Å². The van der Waals surface area contributed by atoms with E-state index < -0.39 is 0 Å². The molecule has 6 heteroatoms. The molecule has 0 bridgehead atoms. The van der Waals surface area contributed by atoms with Gasteiger partial charge >= 0.3 is 0 Å². The summed E-state index contributed by atoms with van der Waals surface area (Å²) in [5, 5.41) is 10.7. The molecule has 0 fully saturated rings. The van der Waals surface area contributed by atoms with Gasteiger partial charge in [0.15, 0.2) is 0 Å². The van der Waals surface area contributed by atoms with Crippen LogP contribution in [0.5, 0.6) is 0 Å². The summed E-state index contributed by atoms with van der Waals surface area (Å²) in [6.07, 6.45) is 0. The fourth-order valence-corrected chi connectivity index (χ4v) is 3.95. The van der Waals surface area contributed by atoms with Crippen molar-refractivity contribution in [2.75, 3.05) is 5.32 Å². The highest BCUT2D eigenvalue weighted by molar-refractivity contribution is 7.13. The lowest BCUT2D eigenvalue weighted by Gasteiger charge is -2.11. The van der Waals surface area contributed by atoms with Gasteiger partial charge in [0.1, 0.15) is 12.2 Å². The first-order valence-corrected chi connectivity index (χ1v) is 10.3. The topological polar surface area (TPSA) is 64.0 Å². The molecule has 2 heterocycles. The maximum absolute atomic E-state index is 12.9. The Bertz CT molecular complexity index is 1210. The lowest BCUT2D eigenvalue weighted by Crippen LogP contribution is -2.30. The van der Waals surface area contributed by atoms with Crippen LogP contribution in [0.3, 0.4) is 0 Å². The Labute approximate surface area is 172 Å². The SMILES string of the molecule is CC(C)c1ccc(NC(=O)Cn2nc(-c3cccs3)c3ccccc3c2=O)cc1. The van der Waals surface area contributed by atoms with Gasteiger partial charge in [0.2, 0.25) is 5.91 Å². The van der Waals surface area contributed by atoms with Gasteiger partial charge in [-0.3, -0.25) is 9.59 Å². The molecule has 1 N–H and O–H groups in total. The number of carbonyl (C=O) groups is 1. The zero-order chi connectivity index (χ0) is 20.4. The normalized spacial score (nSPS) is 11.1. The Balaban J connectivity index is 1.64. The Morgan fingerprint density at radius 2 is 1.76 bits per heavy atom. The molecule has 0 unspecified atom stereocenters. The molecule has 0 saturated heterocycles. The van der Waals surface area contributed by atoms with E-state index in [0.717, 1.165) is 10.3 Å². The third-order valence-corrected chi connectivity index (χ3v) is 5.65. The second kappa shape index (κ2) is 8.01. The van der Waals surface area contributed by atoms with Crippen molar-refractivity contribution in [3.63, 3.8) is 0 Å². The van der Waals surface area contributed by atoms with E-state index in [1.807, 2.05) is 60.0 Å². The van der Waals surface area contributed by atoms with Crippen molar-refractivity contribution in [1.82, 2.24) is 9.78 Å². The molecule has 0 spiro atoms. The Morgan fingerprint density at radius 1 is 1.03 bits per heavy atom. The minimum atomic E-state index is -0.288. The maximum atomic E-state index is 12.9. The largest absolute Gasteiger partial charge is 0.324 e. The Kier molecular flexibility index (Phi) is 5.27. The van der Waals surface area contributed by atoms with E-state index in [1.165, 1.54) is 10.2 Å². The Morgan fingerprint density at radius 3 is 2.41 bits per heavy atom. The van der Waals surface area contributed by atoms with Gasteiger partial charge in [0, 0.05) is 11.1 Å². The van der Waals surface area contributed by atoms with Crippen LogP contribution in [0, 0.1) is 0 Å². The van der Waals surface area contributed by atoms with Gasteiger partial charge in [0.25, 0.3) is 5.56 Å². The summed E-state index contributed by atoms with van der Waals surface area (Å²) in [6, 6.07) is 19.0. The number of rotatable bonds is 5. The van der Waals surface area contributed by atoms with Crippen LogP contribution in [-0.4, -0.2) is 15.7 Å². The summed E-state index contributed by atoms with van der Waals surface area (Å²) in [6.45, 7) is 4.10. The first-order chi connectivity index (χ1) is 14.0. The number of hydrogen-bond donors (Lipinski definition) is 1. The van der Waals surface area contributed by atoms with Crippen molar-refractivity contribution in [1.29, 1.82) is 0 Å². The van der Waals surface area contributed by atoms with Crippen molar-refractivity contribution in [2.24, 2.45) is 0 Å². The molecule has 5 nitrogen and oxygen atoms in total. The fourth-order valence-electron chi connectivity index (χ4n) is 3.23. The van der Waals surface area contributed by atoms with Gasteiger partial charge in [-0.05, 0) is 41.1 Å². The number of nitrogens with zero attached hydrogens (tertiary/aromatic N) is 2. The summed E-state index contributed by atoms with van der Waals surface area (Å²) >= 11 is 1.55. The molecule has 4 aromatic rings. The monoisotopic (exact) mass is 403 g/mol. The molecule has 2 aromatic carbocycles. The molecule has 4 rings (SSSR count). The van der Waals surface area contributed by atoms with Crippen molar-refractivity contribution in [3.05, 3.63) is 82.0 Å². The van der Waals surface area contributed by atoms with Crippen molar-refractivity contribution in [2.45, 2.75) is 26.3 Å². The van der Waals surface area contributed by atoms with E-state index in [2.05, 4.69) is 24.3 Å². The van der Waals surface area contributed by atoms with E-state index >= 15 is 0 Å². The van der Waals surface area contributed by atoms with Crippen molar-refractivity contribution in [3.8, 4) is 10.6 Å². The predicted octanol–water partition coefficient (Wildman–Crippen LogP) is 4.89. The minimum absolute atomic E-state index is 0.145. The smallest absolute Gasteiger partial charge is 0.275 e. The number of anilines is 1. The van der Waals surface area contributed by atoms with Crippen LogP contribution < -0.4 is 10.9 Å². The Hall–Kier alpha value is -3.25. The number of nitrogens with one attached hydrogen (secondary N) is 1. The average molecular weight is 404 g/mol. The number of aromatic nitrogens is 2. The van der Waals surface area contributed by atoms with E-state index in [1.54, 1.807) is 17.4 Å². The molecule has 0 aliphatic heterocycles. The molecule has 0 saturated carbocycles. The lowest BCUT2D eigenvalue weighted by atomic mass is 10.0. The molecule has 2 aromatic heterocycles. The molecule has 1 amide bonds. The molecule has 0 atom stereocenters. The number of fused-ring (bicyclic) bond motifs is 1. The van der Waals surface area contributed by atoms with Gasteiger partial charge in [-0.1, -0.05) is 50.2 Å². The summed E-state index contributed by atoms with van der Waals surface area (Å²) in [7, 11) is 0. The summed E-state index contributed by atoms with van der Waals surface area (Å²) in [4.78, 5) is 26.4. The van der Waals surface area contributed by atoms with Crippen LogP contribution in [0.25, 0.3) is 21.3 Å². The van der Waals surface area contributed by atoms with Gasteiger partial charge in [-0.15, -0.1) is 11.3 Å². The molecule has 146 valence electrons. The average Bonchev–Trinajstić information content (AvgIpc) is 3.25. The lowest BCUT2D eigenvalue weighted by molar-refractivity contribution is -0.117. The quantitative estimate of drug-likeness (QED) is 0.516. The second-order valence-electron chi connectivity index (χ2n) is 7.16. The van der Waals surface area contributed by atoms with Gasteiger partial charge in [0.05, 0.1) is 10.3 Å². The van der Waals surface area contributed by atoms with E-state index in [9.17, 15) is 9.59 Å². The first-order valence-electron chi connectivity index (χ1n) is 9.46. The van der Waals surface area contributed by atoms with E-state index in [0.29, 0.717) is 22.7 Å². The second-order valence-corrected chi connectivity index (χ2v) is 8.11. The number of amides is 1. The number of benzene rings is 2. The van der Waals surface area contributed by atoms with Crippen LogP contribution in [0.15, 0.2) is 70.8 Å². The molecular formula is C23H21N3O2S.